The molecule has 0 radical (unpaired) electrons. The van der Waals surface area contributed by atoms with Gasteiger partial charge < -0.3 is 20.4 Å². The summed E-state index contributed by atoms with van der Waals surface area (Å²) in [5, 5.41) is 6.21. The van der Waals surface area contributed by atoms with E-state index in [-0.39, 0.29) is 5.91 Å². The predicted octanol–water partition coefficient (Wildman–Crippen LogP) is 0.650. The molecule has 0 bridgehead atoms. The lowest BCUT2D eigenvalue weighted by Crippen LogP contribution is -2.24. The standard InChI is InChI=1S/C13H25N7O/c1-6-8-14-11-16-12(18-13(17-11)20(4)5)15-9-7-10(21)19(2)3/h6-9H2,1-5H3,(H2,14,15,16,17,18). The molecule has 0 aliphatic rings. The normalized spacial score (nSPS) is 10.1. The Morgan fingerprint density at radius 1 is 1.00 bits per heavy atom. The van der Waals surface area contributed by atoms with Crippen molar-refractivity contribution in [1.82, 2.24) is 19.9 Å². The predicted molar refractivity (Wildman–Crippen MR) is 84.7 cm³/mol. The summed E-state index contributed by atoms with van der Waals surface area (Å²) in [6.07, 6.45) is 1.39. The lowest BCUT2D eigenvalue weighted by molar-refractivity contribution is -0.128. The summed E-state index contributed by atoms with van der Waals surface area (Å²) in [7, 11) is 7.22. The van der Waals surface area contributed by atoms with Crippen LogP contribution >= 0.6 is 0 Å². The Bertz CT molecular complexity index is 462. The Balaban J connectivity index is 2.71. The van der Waals surface area contributed by atoms with Crippen molar-refractivity contribution in [3.63, 3.8) is 0 Å². The fraction of sp³-hybridized carbons (Fsp3) is 0.692. The third-order valence-electron chi connectivity index (χ3n) is 2.68. The fourth-order valence-electron chi connectivity index (χ4n) is 1.46. The number of carbonyl (C=O) groups is 1. The number of carbonyl (C=O) groups excluding carboxylic acids is 1. The number of aromatic nitrogens is 3. The first-order valence-electron chi connectivity index (χ1n) is 7.05. The van der Waals surface area contributed by atoms with Gasteiger partial charge in [0.2, 0.25) is 23.8 Å². The lowest BCUT2D eigenvalue weighted by Gasteiger charge is -2.14. The minimum absolute atomic E-state index is 0.0636. The molecule has 1 aromatic heterocycles. The van der Waals surface area contributed by atoms with E-state index in [1.54, 1.807) is 19.0 Å². The molecule has 1 aromatic rings. The van der Waals surface area contributed by atoms with Gasteiger partial charge in [-0.25, -0.2) is 0 Å². The zero-order valence-corrected chi connectivity index (χ0v) is 13.5. The summed E-state index contributed by atoms with van der Waals surface area (Å²) < 4.78 is 0. The van der Waals surface area contributed by atoms with Crippen LogP contribution in [0, 0.1) is 0 Å². The molecule has 0 spiro atoms. The van der Waals surface area contributed by atoms with Crippen LogP contribution in [0.4, 0.5) is 17.8 Å². The number of amides is 1. The average Bonchev–Trinajstić information content (AvgIpc) is 2.44. The minimum atomic E-state index is 0.0636. The van der Waals surface area contributed by atoms with Crippen molar-refractivity contribution in [2.75, 3.05) is 56.8 Å². The van der Waals surface area contributed by atoms with Gasteiger partial charge in [-0.1, -0.05) is 6.92 Å². The molecule has 2 N–H and O–H groups in total. The molecule has 118 valence electrons. The molecule has 1 rings (SSSR count). The lowest BCUT2D eigenvalue weighted by atomic mass is 10.4. The van der Waals surface area contributed by atoms with Gasteiger partial charge in [-0.2, -0.15) is 15.0 Å². The van der Waals surface area contributed by atoms with Crippen LogP contribution in [0.5, 0.6) is 0 Å². The average molecular weight is 295 g/mol. The van der Waals surface area contributed by atoms with Crippen molar-refractivity contribution < 1.29 is 4.79 Å². The minimum Gasteiger partial charge on any atom is -0.354 e. The molecule has 8 nitrogen and oxygen atoms in total. The van der Waals surface area contributed by atoms with Gasteiger partial charge in [0.25, 0.3) is 0 Å². The van der Waals surface area contributed by atoms with Gasteiger partial charge in [-0.05, 0) is 6.42 Å². The number of anilines is 3. The third-order valence-corrected chi connectivity index (χ3v) is 2.68. The number of rotatable bonds is 8. The van der Waals surface area contributed by atoms with Crippen LogP contribution in [0.3, 0.4) is 0 Å². The number of nitrogens with one attached hydrogen (secondary N) is 2. The highest BCUT2D eigenvalue weighted by molar-refractivity contribution is 5.76. The molecule has 1 heterocycles. The Labute approximate surface area is 126 Å². The van der Waals surface area contributed by atoms with E-state index >= 15 is 0 Å². The zero-order valence-electron chi connectivity index (χ0n) is 13.5. The van der Waals surface area contributed by atoms with Crippen LogP contribution in [0.15, 0.2) is 0 Å². The van der Waals surface area contributed by atoms with E-state index in [9.17, 15) is 4.79 Å². The van der Waals surface area contributed by atoms with E-state index in [2.05, 4.69) is 32.5 Å². The first-order chi connectivity index (χ1) is 9.93. The maximum atomic E-state index is 11.5. The van der Waals surface area contributed by atoms with Gasteiger partial charge in [-0.3, -0.25) is 4.79 Å². The van der Waals surface area contributed by atoms with Gasteiger partial charge in [0.1, 0.15) is 0 Å². The van der Waals surface area contributed by atoms with Crippen LogP contribution in [-0.4, -0.2) is 67.0 Å². The summed E-state index contributed by atoms with van der Waals surface area (Å²) in [6.45, 7) is 3.36. The first-order valence-corrected chi connectivity index (χ1v) is 7.05. The molecular formula is C13H25N7O. The topological polar surface area (TPSA) is 86.3 Å². The quantitative estimate of drug-likeness (QED) is 0.728. The summed E-state index contributed by atoms with van der Waals surface area (Å²) in [5.74, 6) is 1.65. The van der Waals surface area contributed by atoms with E-state index in [0.29, 0.717) is 30.8 Å². The summed E-state index contributed by atoms with van der Waals surface area (Å²) >= 11 is 0. The van der Waals surface area contributed by atoms with Crippen molar-refractivity contribution in [3.8, 4) is 0 Å². The van der Waals surface area contributed by atoms with Crippen LogP contribution in [0.25, 0.3) is 0 Å². The van der Waals surface area contributed by atoms with Crippen LogP contribution in [-0.2, 0) is 4.79 Å². The highest BCUT2D eigenvalue weighted by atomic mass is 16.2. The van der Waals surface area contributed by atoms with Crippen LogP contribution in [0.2, 0.25) is 0 Å². The molecule has 0 fully saturated rings. The third kappa shape index (κ3) is 5.80. The number of nitrogens with zero attached hydrogens (tertiary/aromatic N) is 5. The van der Waals surface area contributed by atoms with E-state index < -0.39 is 0 Å². The van der Waals surface area contributed by atoms with Crippen molar-refractivity contribution >= 4 is 23.8 Å². The zero-order chi connectivity index (χ0) is 15.8. The van der Waals surface area contributed by atoms with Crippen molar-refractivity contribution in [2.24, 2.45) is 0 Å². The maximum Gasteiger partial charge on any atom is 0.231 e. The number of hydrogen-bond acceptors (Lipinski definition) is 7. The molecule has 0 unspecified atom stereocenters. The Morgan fingerprint density at radius 3 is 2.05 bits per heavy atom. The molecule has 0 saturated heterocycles. The molecule has 0 aromatic carbocycles. The van der Waals surface area contributed by atoms with E-state index in [0.717, 1.165) is 13.0 Å². The van der Waals surface area contributed by atoms with Gasteiger partial charge in [-0.15, -0.1) is 0 Å². The second-order valence-electron chi connectivity index (χ2n) is 5.07. The fourth-order valence-corrected chi connectivity index (χ4v) is 1.46. The van der Waals surface area contributed by atoms with Gasteiger partial charge in [0, 0.05) is 47.7 Å². The highest BCUT2D eigenvalue weighted by Gasteiger charge is 2.09. The highest BCUT2D eigenvalue weighted by Crippen LogP contribution is 2.11. The summed E-state index contributed by atoms with van der Waals surface area (Å²) in [5.41, 5.74) is 0. The number of hydrogen-bond donors (Lipinski definition) is 2. The van der Waals surface area contributed by atoms with Crippen molar-refractivity contribution in [1.29, 1.82) is 0 Å². The molecule has 0 atom stereocenters. The van der Waals surface area contributed by atoms with Crippen molar-refractivity contribution in [2.45, 2.75) is 19.8 Å². The van der Waals surface area contributed by atoms with E-state index in [4.69, 9.17) is 0 Å². The molecular weight excluding hydrogens is 270 g/mol. The largest absolute Gasteiger partial charge is 0.354 e. The second-order valence-corrected chi connectivity index (χ2v) is 5.07. The molecule has 0 aliphatic heterocycles. The van der Waals surface area contributed by atoms with Gasteiger partial charge in [0.15, 0.2) is 0 Å². The van der Waals surface area contributed by atoms with E-state index in [1.165, 1.54) is 0 Å². The molecule has 0 saturated carbocycles. The Morgan fingerprint density at radius 2 is 1.57 bits per heavy atom. The molecule has 1 amide bonds. The molecule has 21 heavy (non-hydrogen) atoms. The first kappa shape index (κ1) is 16.9. The summed E-state index contributed by atoms with van der Waals surface area (Å²) in [6, 6.07) is 0. The van der Waals surface area contributed by atoms with Crippen LogP contribution in [0.1, 0.15) is 19.8 Å². The second kappa shape index (κ2) is 8.23. The van der Waals surface area contributed by atoms with Gasteiger partial charge in [0.05, 0.1) is 0 Å². The monoisotopic (exact) mass is 295 g/mol. The smallest absolute Gasteiger partial charge is 0.231 e. The molecule has 0 aliphatic carbocycles. The van der Waals surface area contributed by atoms with Crippen molar-refractivity contribution in [3.05, 3.63) is 0 Å². The van der Waals surface area contributed by atoms with Gasteiger partial charge >= 0.3 is 0 Å². The SMILES string of the molecule is CCCNc1nc(NCCC(=O)N(C)C)nc(N(C)C)n1. The van der Waals surface area contributed by atoms with Crippen LogP contribution < -0.4 is 15.5 Å². The Hall–Kier alpha value is -2.12. The maximum absolute atomic E-state index is 11.5. The Kier molecular flexibility index (Phi) is 6.64. The van der Waals surface area contributed by atoms with E-state index in [1.807, 2.05) is 19.0 Å². The summed E-state index contributed by atoms with van der Waals surface area (Å²) in [4.78, 5) is 27.8. The molecule has 8 heteroatoms.